The molecule has 2 fully saturated rings. The van der Waals surface area contributed by atoms with Gasteiger partial charge in [0, 0.05) is 32.7 Å². The first-order chi connectivity index (χ1) is 10.2. The van der Waals surface area contributed by atoms with E-state index in [4.69, 9.17) is 0 Å². The summed E-state index contributed by atoms with van der Waals surface area (Å²) in [6.45, 7) is 6.68. The minimum Gasteiger partial charge on any atom is -0.328 e. The molecule has 22 heavy (non-hydrogen) atoms. The standard InChI is InChI=1S/C14H24F3N3OS/c1-13(2)20(12(21)11-22-13)6-4-3-5-18-7-9-19(10-8-18)14(15,16)17/h3-11H2,1-2H3. The molecule has 0 atom stereocenters. The topological polar surface area (TPSA) is 26.8 Å². The van der Waals surface area contributed by atoms with Crippen molar-refractivity contribution in [3.8, 4) is 0 Å². The van der Waals surface area contributed by atoms with E-state index in [1.807, 2.05) is 4.90 Å². The van der Waals surface area contributed by atoms with Gasteiger partial charge in [0.05, 0.1) is 10.6 Å². The molecule has 0 aromatic rings. The molecule has 2 aliphatic rings. The molecule has 128 valence electrons. The fraction of sp³-hybridized carbons (Fsp3) is 0.929. The number of carbonyl (C=O) groups excluding carboxylic acids is 1. The van der Waals surface area contributed by atoms with Gasteiger partial charge in [-0.1, -0.05) is 0 Å². The Bertz CT molecular complexity index is 395. The Hall–Kier alpha value is -0.470. The number of hydrogen-bond acceptors (Lipinski definition) is 4. The van der Waals surface area contributed by atoms with Gasteiger partial charge in [-0.15, -0.1) is 11.8 Å². The zero-order valence-corrected chi connectivity index (χ0v) is 14.0. The quantitative estimate of drug-likeness (QED) is 0.567. The van der Waals surface area contributed by atoms with E-state index in [2.05, 4.69) is 18.7 Å². The van der Waals surface area contributed by atoms with Crippen molar-refractivity contribution in [3.63, 3.8) is 0 Å². The normalized spacial score (nSPS) is 24.2. The predicted octanol–water partition coefficient (Wildman–Crippen LogP) is 2.22. The van der Waals surface area contributed by atoms with Crippen molar-refractivity contribution >= 4 is 17.7 Å². The Kier molecular flexibility index (Phi) is 5.66. The average Bonchev–Trinajstić information content (AvgIpc) is 2.69. The zero-order chi connectivity index (χ0) is 16.4. The summed E-state index contributed by atoms with van der Waals surface area (Å²) in [5.41, 5.74) is 0. The minimum atomic E-state index is -4.20. The molecular weight excluding hydrogens is 315 g/mol. The van der Waals surface area contributed by atoms with Gasteiger partial charge in [0.1, 0.15) is 0 Å². The van der Waals surface area contributed by atoms with Gasteiger partial charge in [0.2, 0.25) is 5.91 Å². The van der Waals surface area contributed by atoms with Gasteiger partial charge < -0.3 is 9.80 Å². The maximum absolute atomic E-state index is 12.5. The molecule has 0 bridgehead atoms. The Morgan fingerprint density at radius 3 is 2.18 bits per heavy atom. The van der Waals surface area contributed by atoms with E-state index in [0.717, 1.165) is 25.9 Å². The van der Waals surface area contributed by atoms with Crippen LogP contribution in [-0.4, -0.2) is 76.8 Å². The van der Waals surface area contributed by atoms with Gasteiger partial charge >= 0.3 is 6.30 Å². The molecule has 8 heteroatoms. The maximum atomic E-state index is 12.5. The molecule has 4 nitrogen and oxygen atoms in total. The van der Waals surface area contributed by atoms with Gasteiger partial charge in [-0.25, -0.2) is 4.90 Å². The Balaban J connectivity index is 1.63. The van der Waals surface area contributed by atoms with Crippen molar-refractivity contribution in [2.24, 2.45) is 0 Å². The molecule has 0 aliphatic carbocycles. The molecule has 2 rings (SSSR count). The third-order valence-corrected chi connectivity index (χ3v) is 5.65. The number of amides is 1. The summed E-state index contributed by atoms with van der Waals surface area (Å²) in [7, 11) is 0. The third kappa shape index (κ3) is 4.52. The maximum Gasteiger partial charge on any atom is 0.460 e. The van der Waals surface area contributed by atoms with E-state index in [1.165, 1.54) is 0 Å². The van der Waals surface area contributed by atoms with Gasteiger partial charge in [0.25, 0.3) is 0 Å². The molecule has 2 heterocycles. The number of hydrogen-bond donors (Lipinski definition) is 0. The second-order valence-electron chi connectivity index (χ2n) is 6.28. The largest absolute Gasteiger partial charge is 0.460 e. The lowest BCUT2D eigenvalue weighted by atomic mass is 10.2. The molecule has 1 amide bonds. The van der Waals surface area contributed by atoms with Gasteiger partial charge in [-0.3, -0.25) is 4.79 Å². The van der Waals surface area contributed by atoms with Crippen LogP contribution in [0.5, 0.6) is 0 Å². The fourth-order valence-electron chi connectivity index (χ4n) is 2.92. The number of unbranched alkanes of at least 4 members (excludes halogenated alkanes) is 1. The summed E-state index contributed by atoms with van der Waals surface area (Å²) in [6, 6.07) is 0. The molecule has 0 aromatic carbocycles. The number of carbonyl (C=O) groups is 1. The molecule has 0 saturated carbocycles. The third-order valence-electron chi connectivity index (χ3n) is 4.34. The Morgan fingerprint density at radius 1 is 1.09 bits per heavy atom. The highest BCUT2D eigenvalue weighted by molar-refractivity contribution is 8.01. The fourth-order valence-corrected chi connectivity index (χ4v) is 3.90. The van der Waals surface area contributed by atoms with E-state index < -0.39 is 6.30 Å². The highest BCUT2D eigenvalue weighted by Crippen LogP contribution is 2.35. The van der Waals surface area contributed by atoms with Crippen LogP contribution in [0.2, 0.25) is 0 Å². The molecule has 0 spiro atoms. The summed E-state index contributed by atoms with van der Waals surface area (Å²) in [6.07, 6.45) is -2.39. The predicted molar refractivity (Wildman–Crippen MR) is 81.6 cm³/mol. The van der Waals surface area contributed by atoms with Crippen LogP contribution in [0.15, 0.2) is 0 Å². The Morgan fingerprint density at radius 2 is 1.68 bits per heavy atom. The van der Waals surface area contributed by atoms with Crippen molar-refractivity contribution in [3.05, 3.63) is 0 Å². The second-order valence-corrected chi connectivity index (χ2v) is 7.86. The average molecular weight is 339 g/mol. The molecule has 2 saturated heterocycles. The van der Waals surface area contributed by atoms with E-state index >= 15 is 0 Å². The van der Waals surface area contributed by atoms with Crippen LogP contribution in [0.1, 0.15) is 26.7 Å². The highest BCUT2D eigenvalue weighted by Gasteiger charge is 2.39. The van der Waals surface area contributed by atoms with Crippen LogP contribution >= 0.6 is 11.8 Å². The molecule has 0 unspecified atom stereocenters. The number of alkyl halides is 3. The number of thioether (sulfide) groups is 1. The van der Waals surface area contributed by atoms with E-state index in [0.29, 0.717) is 23.7 Å². The number of nitrogens with zero attached hydrogens (tertiary/aromatic N) is 3. The number of rotatable bonds is 5. The lowest BCUT2D eigenvalue weighted by molar-refractivity contribution is -0.252. The van der Waals surface area contributed by atoms with E-state index in [-0.39, 0.29) is 23.9 Å². The first-order valence-electron chi connectivity index (χ1n) is 7.69. The molecule has 0 aromatic heterocycles. The van der Waals surface area contributed by atoms with E-state index in [1.54, 1.807) is 11.8 Å². The monoisotopic (exact) mass is 339 g/mol. The van der Waals surface area contributed by atoms with E-state index in [9.17, 15) is 18.0 Å². The van der Waals surface area contributed by atoms with Crippen molar-refractivity contribution < 1.29 is 18.0 Å². The first kappa shape index (κ1) is 17.9. The number of halogens is 3. The minimum absolute atomic E-state index is 0.0534. The van der Waals surface area contributed by atoms with Crippen molar-refractivity contribution in [1.29, 1.82) is 0 Å². The first-order valence-corrected chi connectivity index (χ1v) is 8.67. The molecule has 2 aliphatic heterocycles. The lowest BCUT2D eigenvalue weighted by Gasteiger charge is -2.35. The lowest BCUT2D eigenvalue weighted by Crippen LogP contribution is -2.51. The second kappa shape index (κ2) is 6.97. The Labute approximate surface area is 134 Å². The molecule has 0 radical (unpaired) electrons. The highest BCUT2D eigenvalue weighted by atomic mass is 32.2. The van der Waals surface area contributed by atoms with Crippen molar-refractivity contribution in [1.82, 2.24) is 14.7 Å². The van der Waals surface area contributed by atoms with Crippen molar-refractivity contribution in [2.45, 2.75) is 37.9 Å². The van der Waals surface area contributed by atoms with Gasteiger partial charge in [-0.2, -0.15) is 13.2 Å². The number of piperazine rings is 1. The summed E-state index contributed by atoms with van der Waals surface area (Å²) in [4.78, 5) is 16.2. The van der Waals surface area contributed by atoms with Crippen LogP contribution in [0.25, 0.3) is 0 Å². The smallest absolute Gasteiger partial charge is 0.328 e. The molecular formula is C14H24F3N3OS. The summed E-state index contributed by atoms with van der Waals surface area (Å²) >= 11 is 1.66. The van der Waals surface area contributed by atoms with Gasteiger partial charge in [0.15, 0.2) is 0 Å². The van der Waals surface area contributed by atoms with Crippen LogP contribution < -0.4 is 0 Å². The molecule has 0 N–H and O–H groups in total. The van der Waals surface area contributed by atoms with Crippen molar-refractivity contribution in [2.75, 3.05) is 45.0 Å². The summed E-state index contributed by atoms with van der Waals surface area (Å²) in [5.74, 6) is 0.737. The summed E-state index contributed by atoms with van der Waals surface area (Å²) < 4.78 is 37.6. The van der Waals surface area contributed by atoms with Gasteiger partial charge in [-0.05, 0) is 33.2 Å². The van der Waals surface area contributed by atoms with Crippen LogP contribution in [0.4, 0.5) is 13.2 Å². The SMILES string of the molecule is CC1(C)SCC(=O)N1CCCCN1CCN(C(F)(F)F)CC1. The van der Waals surface area contributed by atoms with Crippen LogP contribution in [0, 0.1) is 0 Å². The van der Waals surface area contributed by atoms with Crippen LogP contribution in [0.3, 0.4) is 0 Å². The van der Waals surface area contributed by atoms with Crippen LogP contribution in [-0.2, 0) is 4.79 Å². The zero-order valence-electron chi connectivity index (χ0n) is 13.2. The summed E-state index contributed by atoms with van der Waals surface area (Å²) in [5, 5.41) is 0.